The first-order valence-electron chi connectivity index (χ1n) is 14.5. The highest BCUT2D eigenvalue weighted by molar-refractivity contribution is 6.30. The summed E-state index contributed by atoms with van der Waals surface area (Å²) in [6.45, 7) is 3.19. The Morgan fingerprint density at radius 1 is 1.07 bits per heavy atom. The molecule has 1 saturated heterocycles. The number of halogens is 3. The van der Waals surface area contributed by atoms with Gasteiger partial charge in [-0.3, -0.25) is 14.5 Å². The number of carbonyl (C=O) groups excluding carboxylic acids is 2. The molecule has 8 nitrogen and oxygen atoms in total. The zero-order valence-electron chi connectivity index (χ0n) is 24.0. The van der Waals surface area contributed by atoms with E-state index in [9.17, 15) is 14.7 Å². The zero-order chi connectivity index (χ0) is 30.5. The van der Waals surface area contributed by atoms with Crippen LogP contribution >= 0.6 is 23.2 Å². The summed E-state index contributed by atoms with van der Waals surface area (Å²) in [6, 6.07) is 9.60. The second kappa shape index (κ2) is 11.5. The van der Waals surface area contributed by atoms with E-state index >= 15 is 4.39 Å². The molecule has 3 heterocycles. The molecule has 226 valence electrons. The Hall–Kier alpha value is -2.95. The topological polar surface area (TPSA) is 95.9 Å². The van der Waals surface area contributed by atoms with E-state index in [0.717, 1.165) is 25.9 Å². The summed E-state index contributed by atoms with van der Waals surface area (Å²) in [6.07, 6.45) is 4.70. The highest BCUT2D eigenvalue weighted by Gasteiger charge is 2.56. The lowest BCUT2D eigenvalue weighted by Crippen LogP contribution is -2.48. The number of nitrogens with zero attached hydrogens (tertiary/aromatic N) is 4. The van der Waals surface area contributed by atoms with Gasteiger partial charge in [-0.15, -0.1) is 0 Å². The lowest BCUT2D eigenvalue weighted by molar-refractivity contribution is -0.149. The molecule has 1 unspecified atom stereocenters. The van der Waals surface area contributed by atoms with Gasteiger partial charge in [-0.2, -0.15) is 0 Å². The van der Waals surface area contributed by atoms with Gasteiger partial charge in [0.15, 0.2) is 0 Å². The molecule has 0 radical (unpaired) electrons. The van der Waals surface area contributed by atoms with Crippen LogP contribution in [0.15, 0.2) is 48.8 Å². The average molecular weight is 628 g/mol. The molecule has 3 aromatic rings. The van der Waals surface area contributed by atoms with Crippen LogP contribution in [0, 0.1) is 11.7 Å². The Morgan fingerprint density at radius 3 is 2.37 bits per heavy atom. The number of hydrogen-bond acceptors (Lipinski definition) is 7. The first-order valence-corrected chi connectivity index (χ1v) is 15.2. The van der Waals surface area contributed by atoms with Crippen molar-refractivity contribution >= 4 is 34.9 Å². The number of hydrogen-bond donors (Lipinski definition) is 1. The van der Waals surface area contributed by atoms with Gasteiger partial charge >= 0.3 is 0 Å². The van der Waals surface area contributed by atoms with Gasteiger partial charge in [0.2, 0.25) is 5.72 Å². The predicted octanol–water partition coefficient (Wildman–Crippen LogP) is 5.47. The van der Waals surface area contributed by atoms with Gasteiger partial charge in [0.05, 0.1) is 34.4 Å². The monoisotopic (exact) mass is 626 g/mol. The van der Waals surface area contributed by atoms with Crippen LogP contribution in [-0.2, 0) is 27.4 Å². The fraction of sp³-hybridized carbons (Fsp3) is 0.438. The van der Waals surface area contributed by atoms with Crippen LogP contribution in [-0.4, -0.2) is 62.8 Å². The number of piperidine rings is 1. The number of ketones is 1. The molecule has 2 aromatic carbocycles. The molecule has 1 amide bonds. The summed E-state index contributed by atoms with van der Waals surface area (Å²) < 4.78 is 23.5. The molecular weight excluding hydrogens is 594 g/mol. The Bertz CT molecular complexity index is 1540. The second-order valence-electron chi connectivity index (χ2n) is 12.0. The first-order chi connectivity index (χ1) is 20.5. The fourth-order valence-corrected chi connectivity index (χ4v) is 6.90. The molecule has 2 aliphatic heterocycles. The smallest absolute Gasteiger partial charge is 0.257 e. The van der Waals surface area contributed by atoms with E-state index in [1.165, 1.54) is 23.4 Å². The van der Waals surface area contributed by atoms with Gasteiger partial charge in [-0.1, -0.05) is 35.3 Å². The highest BCUT2D eigenvalue weighted by atomic mass is 35.5. The van der Waals surface area contributed by atoms with Crippen LogP contribution in [0.1, 0.15) is 71.9 Å². The highest BCUT2D eigenvalue weighted by Crippen LogP contribution is 2.50. The lowest BCUT2D eigenvalue weighted by atomic mass is 9.76. The molecule has 11 heteroatoms. The van der Waals surface area contributed by atoms with Crippen molar-refractivity contribution in [1.29, 1.82) is 0 Å². The normalized spacial score (nSPS) is 24.4. The van der Waals surface area contributed by atoms with Gasteiger partial charge in [0.1, 0.15) is 17.4 Å². The molecule has 6 rings (SSSR count). The number of aliphatic hydroxyl groups is 1. The summed E-state index contributed by atoms with van der Waals surface area (Å²) >= 11 is 12.3. The van der Waals surface area contributed by atoms with E-state index in [4.69, 9.17) is 27.9 Å². The van der Waals surface area contributed by atoms with Crippen molar-refractivity contribution in [2.24, 2.45) is 5.92 Å². The van der Waals surface area contributed by atoms with Crippen LogP contribution in [0.5, 0.6) is 0 Å². The molecule has 1 aromatic heterocycles. The van der Waals surface area contributed by atoms with Crippen molar-refractivity contribution in [3.63, 3.8) is 0 Å². The van der Waals surface area contributed by atoms with Crippen LogP contribution in [0.25, 0.3) is 0 Å². The minimum atomic E-state index is -1.75. The van der Waals surface area contributed by atoms with Gasteiger partial charge in [0, 0.05) is 35.8 Å². The maximum absolute atomic E-state index is 16.7. The van der Waals surface area contributed by atoms with Crippen molar-refractivity contribution < 1.29 is 23.8 Å². The van der Waals surface area contributed by atoms with Crippen LogP contribution in [0.4, 0.5) is 4.39 Å². The van der Waals surface area contributed by atoms with Gasteiger partial charge in [-0.05, 0) is 82.1 Å². The number of benzene rings is 2. The molecule has 0 bridgehead atoms. The molecule has 2 fully saturated rings. The molecule has 1 saturated carbocycles. The fourth-order valence-electron chi connectivity index (χ4n) is 6.68. The van der Waals surface area contributed by atoms with Crippen molar-refractivity contribution in [3.05, 3.63) is 92.7 Å². The molecule has 3 atom stereocenters. The summed E-state index contributed by atoms with van der Waals surface area (Å²) in [5, 5.41) is 12.6. The van der Waals surface area contributed by atoms with Crippen molar-refractivity contribution in [1.82, 2.24) is 19.8 Å². The van der Waals surface area contributed by atoms with Crippen molar-refractivity contribution in [2.45, 2.75) is 63.0 Å². The quantitative estimate of drug-likeness (QED) is 0.372. The minimum absolute atomic E-state index is 0.0241. The molecule has 0 spiro atoms. The van der Waals surface area contributed by atoms with E-state index < -0.39 is 29.2 Å². The number of likely N-dealkylation sites (tertiary alicyclic amines) is 1. The maximum Gasteiger partial charge on any atom is 0.257 e. The minimum Gasteiger partial charge on any atom is -0.385 e. The summed E-state index contributed by atoms with van der Waals surface area (Å²) in [4.78, 5) is 38.9. The lowest BCUT2D eigenvalue weighted by Gasteiger charge is -2.41. The number of ether oxygens (including phenoxy) is 1. The molecular formula is C32H33Cl2FN4O4. The summed E-state index contributed by atoms with van der Waals surface area (Å²) in [5.41, 5.74) is -2.22. The molecule has 3 aliphatic rings. The Morgan fingerprint density at radius 2 is 1.74 bits per heavy atom. The average Bonchev–Trinajstić information content (AvgIpc) is 3.49. The SMILES string of the molecule is CN1CCC(C(C)(O)c2cc(F)c3c(c2)C(=O)N(Cc2ncc(Cl)cn2)[C@@]3(O[C@H]2CCC(=O)C2)c2ccc(Cl)cc2)CC1. The van der Waals surface area contributed by atoms with Crippen molar-refractivity contribution in [3.8, 4) is 0 Å². The van der Waals surface area contributed by atoms with Gasteiger partial charge in [-0.25, -0.2) is 14.4 Å². The van der Waals surface area contributed by atoms with E-state index in [1.807, 2.05) is 7.05 Å². The standard InChI is InChI=1S/C32H33Cl2FN4O4/c1-31(42,19-9-11-38(2)12-10-19)21-13-26-29(27(35)14-21)32(20-3-5-22(33)6-4-20,43-25-8-7-24(40)15-25)39(30(26)41)18-28-36-16-23(34)17-37-28/h3-6,13-14,16-17,19,25,42H,7-12,15,18H2,1-2H3/t25-,31?,32+/m0/s1. The molecule has 43 heavy (non-hydrogen) atoms. The predicted molar refractivity (Wildman–Crippen MR) is 159 cm³/mol. The maximum atomic E-state index is 16.7. The third-order valence-electron chi connectivity index (χ3n) is 9.13. The molecule has 1 aliphatic carbocycles. The zero-order valence-corrected chi connectivity index (χ0v) is 25.5. The number of amides is 1. The molecule has 1 N–H and O–H groups in total. The van der Waals surface area contributed by atoms with Crippen LogP contribution in [0.2, 0.25) is 10.0 Å². The Labute approximate surface area is 259 Å². The number of carbonyl (C=O) groups is 2. The number of rotatable bonds is 7. The number of Topliss-reactive ketones (excluding diaryl/α,β-unsaturated/α-hetero) is 1. The third-order valence-corrected chi connectivity index (χ3v) is 9.58. The van der Waals surface area contributed by atoms with E-state index in [0.29, 0.717) is 34.0 Å². The third kappa shape index (κ3) is 5.46. The van der Waals surface area contributed by atoms with E-state index in [1.54, 1.807) is 37.3 Å². The Kier molecular flexibility index (Phi) is 8.06. The summed E-state index contributed by atoms with van der Waals surface area (Å²) in [5.74, 6) is -0.995. The number of aromatic nitrogens is 2. The van der Waals surface area contributed by atoms with Gasteiger partial charge < -0.3 is 14.7 Å². The summed E-state index contributed by atoms with van der Waals surface area (Å²) in [7, 11) is 2.03. The van der Waals surface area contributed by atoms with Crippen LogP contribution in [0.3, 0.4) is 0 Å². The van der Waals surface area contributed by atoms with E-state index in [-0.39, 0.29) is 41.6 Å². The first kappa shape index (κ1) is 30.1. The largest absolute Gasteiger partial charge is 0.385 e. The Balaban J connectivity index is 1.53. The van der Waals surface area contributed by atoms with Crippen LogP contribution < -0.4 is 0 Å². The number of fused-ring (bicyclic) bond motifs is 1. The van der Waals surface area contributed by atoms with Gasteiger partial charge in [0.25, 0.3) is 5.91 Å². The van der Waals surface area contributed by atoms with Crippen molar-refractivity contribution in [2.75, 3.05) is 20.1 Å². The second-order valence-corrected chi connectivity index (χ2v) is 12.9. The van der Waals surface area contributed by atoms with E-state index in [2.05, 4.69) is 14.9 Å².